The van der Waals surface area contributed by atoms with E-state index in [4.69, 9.17) is 9.47 Å². The van der Waals surface area contributed by atoms with Gasteiger partial charge >= 0.3 is 0 Å². The van der Waals surface area contributed by atoms with E-state index >= 15 is 0 Å². The van der Waals surface area contributed by atoms with Crippen molar-refractivity contribution < 1.29 is 17.9 Å². The maximum absolute atomic E-state index is 12.4. The van der Waals surface area contributed by atoms with Gasteiger partial charge in [0.2, 0.25) is 10.0 Å². The van der Waals surface area contributed by atoms with Crippen molar-refractivity contribution in [3.8, 4) is 5.75 Å². The Labute approximate surface area is 198 Å². The lowest BCUT2D eigenvalue weighted by Crippen LogP contribution is -2.54. The molecule has 2 rings (SSSR count). The summed E-state index contributed by atoms with van der Waals surface area (Å²) >= 11 is 0. The Kier molecular flexibility index (Phi) is 12.0. The molecule has 0 spiro atoms. The van der Waals surface area contributed by atoms with Crippen LogP contribution in [0, 0.1) is 6.92 Å². The highest BCUT2D eigenvalue weighted by molar-refractivity contribution is 14.0. The molecule has 1 heterocycles. The van der Waals surface area contributed by atoms with Gasteiger partial charge in [-0.05, 0) is 32.9 Å². The highest BCUT2D eigenvalue weighted by Gasteiger charge is 2.27. The molecule has 8 nitrogen and oxygen atoms in total. The van der Waals surface area contributed by atoms with Gasteiger partial charge in [0.1, 0.15) is 12.4 Å². The zero-order valence-corrected chi connectivity index (χ0v) is 21.5. The minimum atomic E-state index is -3.29. The first-order chi connectivity index (χ1) is 13.8. The number of sulfonamides is 1. The molecule has 0 aliphatic carbocycles. The summed E-state index contributed by atoms with van der Waals surface area (Å²) in [6, 6.07) is 7.94. The number of piperazine rings is 1. The van der Waals surface area contributed by atoms with Crippen LogP contribution >= 0.6 is 24.0 Å². The average molecular weight is 554 g/mol. The van der Waals surface area contributed by atoms with Crippen molar-refractivity contribution >= 4 is 40.0 Å². The van der Waals surface area contributed by atoms with Crippen LogP contribution in [-0.2, 0) is 14.8 Å². The van der Waals surface area contributed by atoms with Crippen molar-refractivity contribution in [2.24, 2.45) is 4.99 Å². The van der Waals surface area contributed by atoms with Crippen molar-refractivity contribution in [2.75, 3.05) is 58.7 Å². The van der Waals surface area contributed by atoms with Crippen LogP contribution in [0.25, 0.3) is 0 Å². The van der Waals surface area contributed by atoms with Crippen LogP contribution < -0.4 is 10.1 Å². The molecular formula is C20H35IN4O4S. The standard InChI is InChI=1S/C20H34N4O4S.HI/c1-17(2)27-15-16-29(25,26)24-12-10-23(11-13-24)20(21-4)22-9-14-28-19-7-5-18(3)6-8-19;/h5-8,17H,9-16H2,1-4H3,(H,21,22);1H. The first-order valence-electron chi connectivity index (χ1n) is 10.1. The summed E-state index contributed by atoms with van der Waals surface area (Å²) in [7, 11) is -1.56. The fourth-order valence-electron chi connectivity index (χ4n) is 2.99. The van der Waals surface area contributed by atoms with Crippen molar-refractivity contribution in [3.63, 3.8) is 0 Å². The molecule has 30 heavy (non-hydrogen) atoms. The molecule has 0 amide bonds. The molecule has 1 aromatic rings. The Morgan fingerprint density at radius 3 is 2.33 bits per heavy atom. The molecule has 0 unspecified atom stereocenters. The number of aryl methyl sites for hydroxylation is 1. The van der Waals surface area contributed by atoms with Crippen LogP contribution in [0.2, 0.25) is 0 Å². The number of hydrogen-bond donors (Lipinski definition) is 1. The van der Waals surface area contributed by atoms with E-state index in [1.54, 1.807) is 11.4 Å². The molecule has 1 aliphatic heterocycles. The van der Waals surface area contributed by atoms with Gasteiger partial charge in [-0.15, -0.1) is 24.0 Å². The predicted molar refractivity (Wildman–Crippen MR) is 131 cm³/mol. The normalized spacial score (nSPS) is 15.8. The third kappa shape index (κ3) is 8.94. The second-order valence-corrected chi connectivity index (χ2v) is 9.35. The van der Waals surface area contributed by atoms with E-state index in [1.165, 1.54) is 5.56 Å². The van der Waals surface area contributed by atoms with Crippen molar-refractivity contribution in [1.29, 1.82) is 0 Å². The third-order valence-corrected chi connectivity index (χ3v) is 6.45. The SMILES string of the molecule is CN=C(NCCOc1ccc(C)cc1)N1CCN(S(=O)(=O)CCOC(C)C)CC1.I. The molecule has 0 bridgehead atoms. The van der Waals surface area contributed by atoms with E-state index in [-0.39, 0.29) is 42.4 Å². The van der Waals surface area contributed by atoms with Crippen molar-refractivity contribution in [3.05, 3.63) is 29.8 Å². The van der Waals surface area contributed by atoms with E-state index in [0.29, 0.717) is 39.3 Å². The number of halogens is 1. The van der Waals surface area contributed by atoms with E-state index < -0.39 is 10.0 Å². The molecule has 1 N–H and O–H groups in total. The third-order valence-electron chi connectivity index (χ3n) is 4.61. The number of ether oxygens (including phenoxy) is 2. The molecule has 172 valence electrons. The highest BCUT2D eigenvalue weighted by atomic mass is 127. The van der Waals surface area contributed by atoms with Crippen LogP contribution in [0.1, 0.15) is 19.4 Å². The quantitative estimate of drug-likeness (QED) is 0.218. The zero-order chi connectivity index (χ0) is 21.3. The fourth-order valence-corrected chi connectivity index (χ4v) is 4.28. The lowest BCUT2D eigenvalue weighted by atomic mass is 10.2. The molecule has 0 saturated carbocycles. The van der Waals surface area contributed by atoms with Crippen LogP contribution in [-0.4, -0.2) is 88.4 Å². The van der Waals surface area contributed by atoms with Crippen molar-refractivity contribution in [2.45, 2.75) is 26.9 Å². The average Bonchev–Trinajstić information content (AvgIpc) is 2.69. The largest absolute Gasteiger partial charge is 0.492 e. The number of rotatable bonds is 9. The van der Waals surface area contributed by atoms with Crippen LogP contribution in [0.15, 0.2) is 29.3 Å². The summed E-state index contributed by atoms with van der Waals surface area (Å²) in [4.78, 5) is 6.38. The summed E-state index contributed by atoms with van der Waals surface area (Å²) < 4.78 is 37.5. The van der Waals surface area contributed by atoms with E-state index in [2.05, 4.69) is 15.2 Å². The Balaban J connectivity index is 0.00000450. The van der Waals surface area contributed by atoms with Gasteiger partial charge in [-0.25, -0.2) is 8.42 Å². The zero-order valence-electron chi connectivity index (χ0n) is 18.3. The van der Waals surface area contributed by atoms with Crippen molar-refractivity contribution in [1.82, 2.24) is 14.5 Å². The number of aliphatic imine (C=N–C) groups is 1. The summed E-state index contributed by atoms with van der Waals surface area (Å²) in [6.45, 7) is 9.30. The van der Waals surface area contributed by atoms with Crippen LogP contribution in [0.5, 0.6) is 5.75 Å². The number of guanidine groups is 1. The van der Waals surface area contributed by atoms with Gasteiger partial charge in [-0.3, -0.25) is 4.99 Å². The summed E-state index contributed by atoms with van der Waals surface area (Å²) in [5, 5.41) is 3.28. The summed E-state index contributed by atoms with van der Waals surface area (Å²) in [5.74, 6) is 1.62. The molecule has 1 aliphatic rings. The summed E-state index contributed by atoms with van der Waals surface area (Å²) in [5.41, 5.74) is 1.20. The maximum Gasteiger partial charge on any atom is 0.216 e. The Bertz CT molecular complexity index is 749. The first-order valence-corrected chi connectivity index (χ1v) is 11.7. The van der Waals surface area contributed by atoms with E-state index in [1.807, 2.05) is 45.0 Å². The molecule has 0 atom stereocenters. The molecule has 0 radical (unpaired) electrons. The van der Waals surface area contributed by atoms with E-state index in [0.717, 1.165) is 11.7 Å². The topological polar surface area (TPSA) is 83.5 Å². The minimum absolute atomic E-state index is 0. The lowest BCUT2D eigenvalue weighted by Gasteiger charge is -2.35. The number of nitrogens with one attached hydrogen (secondary N) is 1. The molecule has 1 fully saturated rings. The molecule has 1 saturated heterocycles. The van der Waals surface area contributed by atoms with Gasteiger partial charge < -0.3 is 19.7 Å². The number of hydrogen-bond acceptors (Lipinski definition) is 5. The Hall–Kier alpha value is -1.11. The lowest BCUT2D eigenvalue weighted by molar-refractivity contribution is 0.0904. The van der Waals surface area contributed by atoms with Gasteiger partial charge in [0.15, 0.2) is 5.96 Å². The molecular weight excluding hydrogens is 519 g/mol. The summed E-state index contributed by atoms with van der Waals surface area (Å²) in [6.07, 6.45) is 0.0337. The van der Waals surface area contributed by atoms with Gasteiger partial charge in [-0.2, -0.15) is 4.31 Å². The molecule has 0 aromatic heterocycles. The second-order valence-electron chi connectivity index (χ2n) is 7.26. The van der Waals surface area contributed by atoms with Gasteiger partial charge in [0, 0.05) is 33.2 Å². The van der Waals surface area contributed by atoms with Gasteiger partial charge in [-0.1, -0.05) is 17.7 Å². The monoisotopic (exact) mass is 554 g/mol. The number of benzene rings is 1. The second kappa shape index (κ2) is 13.3. The molecule has 10 heteroatoms. The van der Waals surface area contributed by atoms with Gasteiger partial charge in [0.05, 0.1) is 25.0 Å². The number of nitrogens with zero attached hydrogens (tertiary/aromatic N) is 3. The molecule has 1 aromatic carbocycles. The predicted octanol–water partition coefficient (Wildman–Crippen LogP) is 1.94. The first kappa shape index (κ1) is 26.9. The fraction of sp³-hybridized carbons (Fsp3) is 0.650. The highest BCUT2D eigenvalue weighted by Crippen LogP contribution is 2.11. The van der Waals surface area contributed by atoms with Crippen LogP contribution in [0.4, 0.5) is 0 Å². The van der Waals surface area contributed by atoms with Gasteiger partial charge in [0.25, 0.3) is 0 Å². The Morgan fingerprint density at radius 2 is 1.77 bits per heavy atom. The minimum Gasteiger partial charge on any atom is -0.492 e. The van der Waals surface area contributed by atoms with E-state index in [9.17, 15) is 8.42 Å². The Morgan fingerprint density at radius 1 is 1.13 bits per heavy atom. The maximum atomic E-state index is 12.4. The van der Waals surface area contributed by atoms with Crippen LogP contribution in [0.3, 0.4) is 0 Å². The smallest absolute Gasteiger partial charge is 0.216 e.